The molecule has 9 N–H and O–H groups in total. The number of hydrogen-bond donors (Lipinski definition) is 9. The van der Waals surface area contributed by atoms with Crippen molar-refractivity contribution in [2.24, 2.45) is 22.7 Å². The summed E-state index contributed by atoms with van der Waals surface area (Å²) >= 11 is 0. The monoisotopic (exact) mass is 934 g/mol. The van der Waals surface area contributed by atoms with Crippen molar-refractivity contribution in [3.05, 3.63) is 0 Å². The van der Waals surface area contributed by atoms with Gasteiger partial charge in [0.15, 0.2) is 0 Å². The zero-order chi connectivity index (χ0) is 50.4. The number of hydrogen-bond acceptors (Lipinski definition) is 16. The quantitative estimate of drug-likeness (QED) is 0.128. The first kappa shape index (κ1) is 54.8. The topological polar surface area (TPSA) is 256 Å². The Hall–Kier alpha value is -1.13. The van der Waals surface area contributed by atoms with Crippen molar-refractivity contribution in [1.29, 1.82) is 0 Å². The van der Waals surface area contributed by atoms with Crippen LogP contribution in [0.5, 0.6) is 0 Å². The van der Waals surface area contributed by atoms with E-state index in [-0.39, 0.29) is 33.0 Å². The third-order valence-electron chi connectivity index (χ3n) is 19.6. The van der Waals surface area contributed by atoms with E-state index in [0.717, 1.165) is 0 Å². The molecule has 19 atom stereocenters. The van der Waals surface area contributed by atoms with Gasteiger partial charge in [-0.05, 0) is 111 Å². The van der Waals surface area contributed by atoms with E-state index in [2.05, 4.69) is 5.32 Å². The average molecular weight is 934 g/mol. The summed E-state index contributed by atoms with van der Waals surface area (Å²) in [6.45, 7) is 31.8. The number of carbonyl (C=O) groups is 1. The standard InChI is InChI=1S/C48H87NO16/c1-27-31(52)42(14,54)30(34(4,5)62-27)21-59-24-39(11)45(17,49-29(3)51)41(13)32(53)43(15,65-39)33(41)61-26-38(10)37(9,44(16,55)28(2)36(8,22-50)64-38)23-60-25-40(12)47(19,57)48(20,58)46(18,56)35(6,7)63-40/h27-28,30-33,50,52-58H,21-26H2,1-20H3,(H,49,51)/t27-,28+,30+,31?,32-,33?,36?,37?,38-,39+,40-,41?,42?,43?,44?,45?,46+,47?,48?/m0/s1. The molecule has 65 heavy (non-hydrogen) atoms. The maximum absolute atomic E-state index is 13.1. The van der Waals surface area contributed by atoms with E-state index in [1.165, 1.54) is 27.7 Å². The van der Waals surface area contributed by atoms with Crippen LogP contribution in [-0.2, 0) is 38.0 Å². The lowest BCUT2D eigenvalue weighted by Crippen LogP contribution is -2.94. The summed E-state index contributed by atoms with van der Waals surface area (Å²) in [4.78, 5) is 13.1. The van der Waals surface area contributed by atoms with Crippen molar-refractivity contribution in [2.45, 2.75) is 236 Å². The van der Waals surface area contributed by atoms with Crippen molar-refractivity contribution >= 4 is 5.91 Å². The molecule has 0 aromatic heterocycles. The molecular weight excluding hydrogens is 847 g/mol. The minimum Gasteiger partial charge on any atom is -0.393 e. The summed E-state index contributed by atoms with van der Waals surface area (Å²) in [7, 11) is 0. The predicted octanol–water partition coefficient (Wildman–Crippen LogP) is 1.91. The Morgan fingerprint density at radius 1 is 0.662 bits per heavy atom. The van der Waals surface area contributed by atoms with E-state index < -0.39 is 132 Å². The second kappa shape index (κ2) is 15.7. The fourth-order valence-corrected chi connectivity index (χ4v) is 13.2. The van der Waals surface area contributed by atoms with E-state index in [4.69, 9.17) is 33.2 Å². The predicted molar refractivity (Wildman–Crippen MR) is 239 cm³/mol. The summed E-state index contributed by atoms with van der Waals surface area (Å²) in [5, 5.41) is 96.3. The maximum Gasteiger partial charge on any atom is 0.217 e. The van der Waals surface area contributed by atoms with Gasteiger partial charge < -0.3 is 79.3 Å². The van der Waals surface area contributed by atoms with E-state index in [1.54, 1.807) is 90.0 Å². The zero-order valence-electron chi connectivity index (χ0n) is 43.1. The van der Waals surface area contributed by atoms with Gasteiger partial charge >= 0.3 is 0 Å². The van der Waals surface area contributed by atoms with Gasteiger partial charge in [-0.1, -0.05) is 20.8 Å². The van der Waals surface area contributed by atoms with Crippen LogP contribution in [-0.4, -0.2) is 184 Å². The molecule has 380 valence electrons. The second-order valence-corrected chi connectivity index (χ2v) is 24.4. The van der Waals surface area contributed by atoms with Crippen molar-refractivity contribution in [2.75, 3.05) is 39.6 Å². The molecule has 0 aromatic carbocycles. The van der Waals surface area contributed by atoms with Crippen molar-refractivity contribution in [1.82, 2.24) is 5.32 Å². The van der Waals surface area contributed by atoms with Gasteiger partial charge in [0.25, 0.3) is 0 Å². The SMILES string of the molecule is CC(=O)NC1(C)C2(C)C(OC[C@]3(C)OC(C)(CO)[C@@H](C)C(C)(O)C3(C)COC[C@]3(C)OC(C)(C)[C@@](C)(O)C(C)(O)C3(C)O)C(C)(O[C@]1(C)COC[C@@H]1C(C)(C)O[C@@H](C)C(O)C1(C)O)[C@H]2O. The molecule has 1 saturated carbocycles. The van der Waals surface area contributed by atoms with Crippen LogP contribution in [0.1, 0.15) is 138 Å². The Balaban J connectivity index is 1.47. The second-order valence-electron chi connectivity index (χ2n) is 24.4. The summed E-state index contributed by atoms with van der Waals surface area (Å²) in [5.41, 5.74) is -22.4. The maximum atomic E-state index is 13.1. The molecule has 17 heteroatoms. The fourth-order valence-electron chi connectivity index (χ4n) is 13.2. The number of aliphatic hydroxyl groups is 8. The summed E-state index contributed by atoms with van der Waals surface area (Å²) in [6.07, 6.45) is -3.87. The van der Waals surface area contributed by atoms with Gasteiger partial charge in [-0.15, -0.1) is 0 Å². The molecule has 5 aliphatic rings. The van der Waals surface area contributed by atoms with Gasteiger partial charge in [0.1, 0.15) is 39.7 Å². The first-order valence-electron chi connectivity index (χ1n) is 23.3. The summed E-state index contributed by atoms with van der Waals surface area (Å²) < 4.78 is 46.2. The highest BCUT2D eigenvalue weighted by atomic mass is 16.6. The molecule has 1 amide bonds. The number of amides is 1. The lowest BCUT2D eigenvalue weighted by Gasteiger charge is -2.77. The Morgan fingerprint density at radius 2 is 1.20 bits per heavy atom. The van der Waals surface area contributed by atoms with Gasteiger partial charge in [0.2, 0.25) is 5.91 Å². The molecule has 4 aliphatic heterocycles. The summed E-state index contributed by atoms with van der Waals surface area (Å²) in [5.74, 6) is -1.73. The highest BCUT2D eigenvalue weighted by molar-refractivity contribution is 5.74. The Labute approximate surface area is 387 Å². The van der Waals surface area contributed by atoms with Crippen LogP contribution in [0.4, 0.5) is 0 Å². The van der Waals surface area contributed by atoms with Gasteiger partial charge in [-0.3, -0.25) is 4.79 Å². The number of aliphatic hydroxyl groups excluding tert-OH is 3. The van der Waals surface area contributed by atoms with Crippen LogP contribution in [0, 0.1) is 22.7 Å². The smallest absolute Gasteiger partial charge is 0.217 e. The molecule has 0 aromatic rings. The molecule has 5 rings (SSSR count). The minimum absolute atomic E-state index is 0.0339. The van der Waals surface area contributed by atoms with E-state index in [0.29, 0.717) is 0 Å². The number of fused-ring (bicyclic) bond motifs is 2. The normalized spacial score (nSPS) is 56.2. The van der Waals surface area contributed by atoms with Gasteiger partial charge in [-0.2, -0.15) is 0 Å². The van der Waals surface area contributed by atoms with Crippen molar-refractivity contribution < 1.29 is 78.8 Å². The largest absolute Gasteiger partial charge is 0.393 e. The average Bonchev–Trinajstić information content (AvgIpc) is 3.15. The summed E-state index contributed by atoms with van der Waals surface area (Å²) in [6, 6.07) is 0. The first-order chi connectivity index (χ1) is 28.8. The third kappa shape index (κ3) is 7.12. The molecular formula is C48H87NO16. The highest BCUT2D eigenvalue weighted by Gasteiger charge is 2.84. The lowest BCUT2D eigenvalue weighted by molar-refractivity contribution is -0.444. The number of nitrogens with one attached hydrogen (secondary N) is 1. The van der Waals surface area contributed by atoms with Crippen LogP contribution in [0.15, 0.2) is 0 Å². The van der Waals surface area contributed by atoms with Gasteiger partial charge in [-0.25, -0.2) is 0 Å². The molecule has 2 bridgehead atoms. The molecule has 0 radical (unpaired) electrons. The Morgan fingerprint density at radius 3 is 1.72 bits per heavy atom. The lowest BCUT2D eigenvalue weighted by atomic mass is 9.42. The van der Waals surface area contributed by atoms with Gasteiger partial charge in [0, 0.05) is 18.8 Å². The van der Waals surface area contributed by atoms with E-state index >= 15 is 0 Å². The number of carbonyl (C=O) groups excluding carboxylic acids is 1. The van der Waals surface area contributed by atoms with E-state index in [1.807, 2.05) is 20.8 Å². The molecule has 5 fully saturated rings. The minimum atomic E-state index is -2.07. The molecule has 11 unspecified atom stereocenters. The molecule has 4 saturated heterocycles. The van der Waals surface area contributed by atoms with Crippen LogP contribution >= 0.6 is 0 Å². The van der Waals surface area contributed by atoms with Crippen LogP contribution in [0.2, 0.25) is 0 Å². The van der Waals surface area contributed by atoms with E-state index in [9.17, 15) is 45.6 Å². The Kier molecular flexibility index (Phi) is 13.2. The highest BCUT2D eigenvalue weighted by Crippen LogP contribution is 2.67. The first-order valence-corrected chi connectivity index (χ1v) is 23.3. The van der Waals surface area contributed by atoms with Crippen LogP contribution in [0.25, 0.3) is 0 Å². The van der Waals surface area contributed by atoms with Crippen LogP contribution in [0.3, 0.4) is 0 Å². The fraction of sp³-hybridized carbons (Fsp3) is 0.979. The van der Waals surface area contributed by atoms with Crippen LogP contribution < -0.4 is 5.32 Å². The van der Waals surface area contributed by atoms with Gasteiger partial charge in [0.05, 0.1) is 108 Å². The molecule has 4 heterocycles. The molecule has 17 nitrogen and oxygen atoms in total. The molecule has 0 spiro atoms. The number of ether oxygens (including phenoxy) is 7. The number of rotatable bonds is 13. The molecule has 1 aliphatic carbocycles. The van der Waals surface area contributed by atoms with Crippen molar-refractivity contribution in [3.8, 4) is 0 Å². The van der Waals surface area contributed by atoms with Crippen molar-refractivity contribution in [3.63, 3.8) is 0 Å². The Bertz CT molecular complexity index is 1820. The zero-order valence-corrected chi connectivity index (χ0v) is 43.1. The third-order valence-corrected chi connectivity index (χ3v) is 19.6.